The zero-order valence-electron chi connectivity index (χ0n) is 14.8. The molecule has 1 aromatic rings. The summed E-state index contributed by atoms with van der Waals surface area (Å²) in [4.78, 5) is 18.1. The second-order valence-corrected chi connectivity index (χ2v) is 6.28. The van der Waals surface area contributed by atoms with Gasteiger partial charge in [0.15, 0.2) is 12.9 Å². The molecule has 1 amide bonds. The van der Waals surface area contributed by atoms with Crippen molar-refractivity contribution >= 4 is 12.1 Å². The monoisotopic (exact) mass is 369 g/mol. The molecule has 8 heteroatoms. The van der Waals surface area contributed by atoms with Gasteiger partial charge in [-0.3, -0.25) is 4.79 Å². The number of hydrogen-bond donors (Lipinski definition) is 1. The predicted molar refractivity (Wildman–Crippen MR) is 92.6 cm³/mol. The lowest BCUT2D eigenvalue weighted by atomic mass is 10.1. The minimum Gasteiger partial charge on any atom is -0.484 e. The van der Waals surface area contributed by atoms with E-state index in [-0.39, 0.29) is 23.6 Å². The van der Waals surface area contributed by atoms with Crippen molar-refractivity contribution in [1.82, 2.24) is 10.2 Å². The summed E-state index contributed by atoms with van der Waals surface area (Å²) in [6.07, 6.45) is 0.143. The lowest BCUT2D eigenvalue weighted by Crippen LogP contribution is -2.47. The van der Waals surface area contributed by atoms with Gasteiger partial charge in [-0.1, -0.05) is 26.0 Å². The highest BCUT2D eigenvalue weighted by Gasteiger charge is 2.29. The molecule has 0 bridgehead atoms. The van der Waals surface area contributed by atoms with E-state index in [2.05, 4.69) is 10.3 Å². The molecule has 5 nitrogen and oxygen atoms in total. The van der Waals surface area contributed by atoms with Gasteiger partial charge < -0.3 is 15.0 Å². The first-order valence-corrected chi connectivity index (χ1v) is 8.24. The molecule has 142 valence electrons. The maximum Gasteiger partial charge on any atom is 0.422 e. The van der Waals surface area contributed by atoms with Crippen molar-refractivity contribution in [2.75, 3.05) is 6.61 Å². The van der Waals surface area contributed by atoms with Crippen molar-refractivity contribution in [3.63, 3.8) is 0 Å². The summed E-state index contributed by atoms with van der Waals surface area (Å²) >= 11 is 0. The fourth-order valence-electron chi connectivity index (χ4n) is 2.38. The minimum absolute atomic E-state index is 0.137. The molecule has 1 aliphatic heterocycles. The fraction of sp³-hybridized carbons (Fsp3) is 0.444. The summed E-state index contributed by atoms with van der Waals surface area (Å²) in [5.74, 6) is -0.187. The van der Waals surface area contributed by atoms with E-state index in [0.717, 1.165) is 5.56 Å². The third kappa shape index (κ3) is 5.50. The molecule has 0 aliphatic carbocycles. The number of allylic oxidation sites excluding steroid dienone is 1. The number of aliphatic imine (C=N–C) groups is 1. The predicted octanol–water partition coefficient (Wildman–Crippen LogP) is 3.64. The van der Waals surface area contributed by atoms with Crippen molar-refractivity contribution < 1.29 is 22.7 Å². The van der Waals surface area contributed by atoms with Crippen molar-refractivity contribution in [1.29, 1.82) is 0 Å². The van der Waals surface area contributed by atoms with Gasteiger partial charge in [-0.05, 0) is 30.7 Å². The van der Waals surface area contributed by atoms with Crippen molar-refractivity contribution in [2.45, 2.75) is 39.3 Å². The first-order valence-electron chi connectivity index (χ1n) is 8.24. The standard InChI is InChI=1S/C18H22F3N3O2/c1-12(2)16(25)23-17-22-8-5-9-24(17)13(3)14-6-4-7-15(10-14)26-11-18(19,20)21/h4-10,12-13,17H,11H2,1-3H3,(H,23,25). The zero-order valence-corrected chi connectivity index (χ0v) is 14.8. The Hall–Kier alpha value is -2.51. The van der Waals surface area contributed by atoms with Gasteiger partial charge in [-0.25, -0.2) is 4.99 Å². The first kappa shape index (κ1) is 19.8. The molecule has 2 rings (SSSR count). The molecular formula is C18H22F3N3O2. The molecule has 2 atom stereocenters. The number of alkyl halides is 3. The minimum atomic E-state index is -4.39. The average molecular weight is 369 g/mol. The maximum absolute atomic E-state index is 12.3. The molecule has 1 aromatic carbocycles. The molecular weight excluding hydrogens is 347 g/mol. The number of nitrogens with one attached hydrogen (secondary N) is 1. The highest BCUT2D eigenvalue weighted by atomic mass is 19.4. The van der Waals surface area contributed by atoms with Gasteiger partial charge in [0.25, 0.3) is 0 Å². The Morgan fingerprint density at radius 1 is 1.35 bits per heavy atom. The van der Waals surface area contributed by atoms with Crippen LogP contribution in [0.15, 0.2) is 41.5 Å². The number of halogens is 3. The second kappa shape index (κ2) is 8.25. The number of benzene rings is 1. The summed E-state index contributed by atoms with van der Waals surface area (Å²) < 4.78 is 41.8. The third-order valence-corrected chi connectivity index (χ3v) is 3.84. The summed E-state index contributed by atoms with van der Waals surface area (Å²) in [5, 5.41) is 2.84. The van der Waals surface area contributed by atoms with Gasteiger partial charge in [-0.15, -0.1) is 0 Å². The van der Waals surface area contributed by atoms with Gasteiger partial charge in [0.05, 0.1) is 6.04 Å². The molecule has 1 aliphatic rings. The van der Waals surface area contributed by atoms with E-state index in [9.17, 15) is 18.0 Å². The SMILES string of the molecule is CC(C)C(=O)NC1N=CC=CN1C(C)c1cccc(OCC(F)(F)F)c1. The van der Waals surface area contributed by atoms with E-state index in [1.54, 1.807) is 50.5 Å². The summed E-state index contributed by atoms with van der Waals surface area (Å²) in [6.45, 7) is 4.11. The van der Waals surface area contributed by atoms with Crippen LogP contribution in [0.3, 0.4) is 0 Å². The van der Waals surface area contributed by atoms with Crippen LogP contribution in [0.5, 0.6) is 5.75 Å². The van der Waals surface area contributed by atoms with E-state index in [1.807, 2.05) is 11.8 Å². The highest BCUT2D eigenvalue weighted by Crippen LogP contribution is 2.27. The van der Waals surface area contributed by atoms with Crippen LogP contribution in [0.2, 0.25) is 0 Å². The molecule has 0 spiro atoms. The largest absolute Gasteiger partial charge is 0.484 e. The van der Waals surface area contributed by atoms with Crippen LogP contribution in [0.1, 0.15) is 32.4 Å². The van der Waals surface area contributed by atoms with Crippen molar-refractivity contribution in [3.05, 3.63) is 42.1 Å². The molecule has 1 heterocycles. The molecule has 26 heavy (non-hydrogen) atoms. The van der Waals surface area contributed by atoms with Gasteiger partial charge in [0.1, 0.15) is 5.75 Å². The number of carbonyl (C=O) groups is 1. The summed E-state index contributed by atoms with van der Waals surface area (Å²) in [7, 11) is 0. The number of carbonyl (C=O) groups excluding carboxylic acids is 1. The van der Waals surface area contributed by atoms with E-state index in [1.165, 1.54) is 6.07 Å². The van der Waals surface area contributed by atoms with E-state index >= 15 is 0 Å². The Morgan fingerprint density at radius 3 is 2.73 bits per heavy atom. The van der Waals surface area contributed by atoms with Crippen LogP contribution in [-0.4, -0.2) is 36.1 Å². The third-order valence-electron chi connectivity index (χ3n) is 3.84. The molecule has 1 N–H and O–H groups in total. The van der Waals surface area contributed by atoms with E-state index in [4.69, 9.17) is 4.74 Å². The first-order chi connectivity index (χ1) is 12.2. The lowest BCUT2D eigenvalue weighted by molar-refractivity contribution is -0.153. The molecule has 0 radical (unpaired) electrons. The van der Waals surface area contributed by atoms with Crippen LogP contribution in [0.4, 0.5) is 13.2 Å². The molecule has 0 saturated carbocycles. The molecule has 0 aromatic heterocycles. The Balaban J connectivity index is 2.13. The Kier molecular flexibility index (Phi) is 6.28. The van der Waals surface area contributed by atoms with Crippen molar-refractivity contribution in [3.8, 4) is 5.75 Å². The number of rotatable bonds is 6. The van der Waals surface area contributed by atoms with Crippen LogP contribution < -0.4 is 10.1 Å². The number of hydrogen-bond acceptors (Lipinski definition) is 4. The van der Waals surface area contributed by atoms with Gasteiger partial charge in [0.2, 0.25) is 5.91 Å². The topological polar surface area (TPSA) is 53.9 Å². The number of ether oxygens (including phenoxy) is 1. The van der Waals surface area contributed by atoms with Crippen LogP contribution in [0.25, 0.3) is 0 Å². The zero-order chi connectivity index (χ0) is 19.3. The van der Waals surface area contributed by atoms with Crippen LogP contribution in [-0.2, 0) is 4.79 Å². The normalized spacial score (nSPS) is 18.1. The fourth-order valence-corrected chi connectivity index (χ4v) is 2.38. The number of nitrogens with zero attached hydrogens (tertiary/aromatic N) is 2. The maximum atomic E-state index is 12.3. The molecule has 2 unspecified atom stereocenters. The summed E-state index contributed by atoms with van der Waals surface area (Å²) in [6, 6.07) is 6.22. The molecule has 0 saturated heterocycles. The van der Waals surface area contributed by atoms with E-state index < -0.39 is 19.1 Å². The summed E-state index contributed by atoms with van der Waals surface area (Å²) in [5.41, 5.74) is 0.746. The quantitative estimate of drug-likeness (QED) is 0.833. The second-order valence-electron chi connectivity index (χ2n) is 6.28. The van der Waals surface area contributed by atoms with Crippen LogP contribution >= 0.6 is 0 Å². The van der Waals surface area contributed by atoms with Gasteiger partial charge >= 0.3 is 6.18 Å². The average Bonchev–Trinajstić information content (AvgIpc) is 2.59. The number of amides is 1. The van der Waals surface area contributed by atoms with Gasteiger partial charge in [-0.2, -0.15) is 13.2 Å². The van der Waals surface area contributed by atoms with Crippen LogP contribution in [0, 0.1) is 5.92 Å². The highest BCUT2D eigenvalue weighted by molar-refractivity contribution is 5.79. The van der Waals surface area contributed by atoms with Gasteiger partial charge in [0, 0.05) is 18.3 Å². The smallest absolute Gasteiger partial charge is 0.422 e. The Morgan fingerprint density at radius 2 is 2.08 bits per heavy atom. The lowest BCUT2D eigenvalue weighted by Gasteiger charge is -2.35. The molecule has 0 fully saturated rings. The Labute approximate surface area is 150 Å². The van der Waals surface area contributed by atoms with Crippen molar-refractivity contribution in [2.24, 2.45) is 10.9 Å². The van der Waals surface area contributed by atoms with E-state index in [0.29, 0.717) is 0 Å². The Bertz CT molecular complexity index is 687.